The van der Waals surface area contributed by atoms with E-state index in [1.54, 1.807) is 11.0 Å². The van der Waals surface area contributed by atoms with Crippen molar-refractivity contribution in [3.8, 4) is 0 Å². The largest absolute Gasteiger partial charge is 0.310 e. The van der Waals surface area contributed by atoms with Crippen LogP contribution in [0.5, 0.6) is 0 Å². The Morgan fingerprint density at radius 3 is 3.15 bits per heavy atom. The van der Waals surface area contributed by atoms with Crippen LogP contribution >= 0.6 is 0 Å². The van der Waals surface area contributed by atoms with Gasteiger partial charge in [-0.15, -0.1) is 0 Å². The maximum absolute atomic E-state index is 13.4. The van der Waals surface area contributed by atoms with Gasteiger partial charge in [0.2, 0.25) is 5.91 Å². The van der Waals surface area contributed by atoms with Crippen molar-refractivity contribution in [1.82, 2.24) is 5.32 Å². The standard InChI is InChI=1S/C16H21FN2O/c1-2-11-5-7-18-14(9-11)16(20)19-8-6-12-3-4-13(17)10-15(12)19/h3-4,10-11,14,18H,2,5-9H2,1H3. The molecule has 2 aliphatic rings. The highest BCUT2D eigenvalue weighted by Crippen LogP contribution is 2.30. The van der Waals surface area contributed by atoms with Crippen LogP contribution in [0.4, 0.5) is 10.1 Å². The van der Waals surface area contributed by atoms with E-state index in [0.717, 1.165) is 43.5 Å². The quantitative estimate of drug-likeness (QED) is 0.900. The fourth-order valence-corrected chi connectivity index (χ4v) is 3.32. The highest BCUT2D eigenvalue weighted by molar-refractivity contribution is 5.99. The topological polar surface area (TPSA) is 32.3 Å². The number of piperidine rings is 1. The van der Waals surface area contributed by atoms with E-state index in [-0.39, 0.29) is 17.8 Å². The van der Waals surface area contributed by atoms with Crippen LogP contribution in [0.1, 0.15) is 31.7 Å². The molecule has 2 heterocycles. The van der Waals surface area contributed by atoms with Crippen LogP contribution in [0.3, 0.4) is 0 Å². The molecule has 1 aromatic rings. The summed E-state index contributed by atoms with van der Waals surface area (Å²) in [6.45, 7) is 3.75. The van der Waals surface area contributed by atoms with E-state index in [2.05, 4.69) is 12.2 Å². The zero-order chi connectivity index (χ0) is 14.1. The van der Waals surface area contributed by atoms with Gasteiger partial charge >= 0.3 is 0 Å². The Balaban J connectivity index is 1.78. The number of carbonyl (C=O) groups excluding carboxylic acids is 1. The smallest absolute Gasteiger partial charge is 0.244 e. The molecule has 0 bridgehead atoms. The van der Waals surface area contributed by atoms with Gasteiger partial charge in [-0.1, -0.05) is 19.4 Å². The molecule has 0 aromatic heterocycles. The lowest BCUT2D eigenvalue weighted by molar-refractivity contribution is -0.121. The number of halogens is 1. The first-order valence-electron chi connectivity index (χ1n) is 7.52. The third-order valence-electron chi connectivity index (χ3n) is 4.60. The molecule has 2 unspecified atom stereocenters. The molecule has 20 heavy (non-hydrogen) atoms. The van der Waals surface area contributed by atoms with Crippen molar-refractivity contribution in [3.05, 3.63) is 29.6 Å². The maximum atomic E-state index is 13.4. The second-order valence-electron chi connectivity index (χ2n) is 5.82. The van der Waals surface area contributed by atoms with Crippen molar-refractivity contribution in [2.75, 3.05) is 18.0 Å². The first-order valence-corrected chi connectivity index (χ1v) is 7.52. The van der Waals surface area contributed by atoms with E-state index in [1.165, 1.54) is 12.1 Å². The average molecular weight is 276 g/mol. The molecule has 1 N–H and O–H groups in total. The van der Waals surface area contributed by atoms with Gasteiger partial charge in [0.25, 0.3) is 0 Å². The summed E-state index contributed by atoms with van der Waals surface area (Å²) < 4.78 is 13.4. The zero-order valence-corrected chi connectivity index (χ0v) is 11.9. The van der Waals surface area contributed by atoms with Gasteiger partial charge in [0.05, 0.1) is 6.04 Å². The number of rotatable bonds is 2. The molecule has 108 valence electrons. The Bertz CT molecular complexity index is 517. The van der Waals surface area contributed by atoms with Crippen LogP contribution in [-0.4, -0.2) is 25.0 Å². The highest BCUT2D eigenvalue weighted by Gasteiger charge is 2.33. The van der Waals surface area contributed by atoms with E-state index in [0.29, 0.717) is 12.5 Å². The predicted molar refractivity (Wildman–Crippen MR) is 77.3 cm³/mol. The van der Waals surface area contributed by atoms with Crippen molar-refractivity contribution in [3.63, 3.8) is 0 Å². The third kappa shape index (κ3) is 2.44. The van der Waals surface area contributed by atoms with E-state index in [4.69, 9.17) is 0 Å². The molecule has 1 amide bonds. The molecule has 0 saturated carbocycles. The Kier molecular flexibility index (Phi) is 3.74. The number of nitrogens with zero attached hydrogens (tertiary/aromatic N) is 1. The number of carbonyl (C=O) groups is 1. The third-order valence-corrected chi connectivity index (χ3v) is 4.60. The van der Waals surface area contributed by atoms with Crippen LogP contribution in [0, 0.1) is 11.7 Å². The average Bonchev–Trinajstić information content (AvgIpc) is 2.89. The number of hydrogen-bond donors (Lipinski definition) is 1. The lowest BCUT2D eigenvalue weighted by Crippen LogP contribution is -2.50. The summed E-state index contributed by atoms with van der Waals surface area (Å²) in [5.41, 5.74) is 1.83. The minimum Gasteiger partial charge on any atom is -0.310 e. The number of fused-ring (bicyclic) bond motifs is 1. The van der Waals surface area contributed by atoms with Gasteiger partial charge in [-0.3, -0.25) is 4.79 Å². The van der Waals surface area contributed by atoms with Crippen LogP contribution in [-0.2, 0) is 11.2 Å². The summed E-state index contributed by atoms with van der Waals surface area (Å²) in [7, 11) is 0. The van der Waals surface area contributed by atoms with Gasteiger partial charge < -0.3 is 10.2 Å². The van der Waals surface area contributed by atoms with Crippen LogP contribution < -0.4 is 10.2 Å². The second-order valence-corrected chi connectivity index (χ2v) is 5.82. The molecule has 2 atom stereocenters. The number of amides is 1. The molecule has 0 spiro atoms. The normalized spacial score (nSPS) is 25.6. The maximum Gasteiger partial charge on any atom is 0.244 e. The van der Waals surface area contributed by atoms with Crippen molar-refractivity contribution in [1.29, 1.82) is 0 Å². The van der Waals surface area contributed by atoms with E-state index in [1.807, 2.05) is 0 Å². The van der Waals surface area contributed by atoms with Crippen LogP contribution in [0.15, 0.2) is 18.2 Å². The minimum absolute atomic E-state index is 0.104. The second kappa shape index (κ2) is 5.52. The molecule has 1 fully saturated rings. The SMILES string of the molecule is CCC1CCNC(C(=O)N2CCc3ccc(F)cc32)C1. The van der Waals surface area contributed by atoms with Crippen molar-refractivity contribution in [2.24, 2.45) is 5.92 Å². The molecule has 1 aromatic carbocycles. The number of benzene rings is 1. The Hall–Kier alpha value is -1.42. The lowest BCUT2D eigenvalue weighted by atomic mass is 9.90. The number of hydrogen-bond acceptors (Lipinski definition) is 2. The van der Waals surface area contributed by atoms with E-state index < -0.39 is 0 Å². The number of anilines is 1. The first-order chi connectivity index (χ1) is 9.69. The van der Waals surface area contributed by atoms with Gasteiger partial charge in [0.15, 0.2) is 0 Å². The molecule has 3 nitrogen and oxygen atoms in total. The summed E-state index contributed by atoms with van der Waals surface area (Å²) in [6, 6.07) is 4.64. The molecule has 3 rings (SSSR count). The Labute approximate surface area is 119 Å². The first kappa shape index (κ1) is 13.6. The van der Waals surface area contributed by atoms with Gasteiger partial charge in [0.1, 0.15) is 5.82 Å². The zero-order valence-electron chi connectivity index (χ0n) is 11.9. The van der Waals surface area contributed by atoms with Gasteiger partial charge in [-0.05, 0) is 49.4 Å². The van der Waals surface area contributed by atoms with Crippen molar-refractivity contribution >= 4 is 11.6 Å². The fraction of sp³-hybridized carbons (Fsp3) is 0.562. The Morgan fingerprint density at radius 2 is 2.35 bits per heavy atom. The minimum atomic E-state index is -0.272. The number of nitrogens with one attached hydrogen (secondary N) is 1. The van der Waals surface area contributed by atoms with Gasteiger partial charge in [-0.25, -0.2) is 4.39 Å². The monoisotopic (exact) mass is 276 g/mol. The molecule has 0 aliphatic carbocycles. The summed E-state index contributed by atoms with van der Waals surface area (Å²) >= 11 is 0. The summed E-state index contributed by atoms with van der Waals surface area (Å²) in [4.78, 5) is 14.4. The molecular formula is C16H21FN2O. The fourth-order valence-electron chi connectivity index (χ4n) is 3.32. The van der Waals surface area contributed by atoms with Gasteiger partial charge in [0, 0.05) is 12.2 Å². The van der Waals surface area contributed by atoms with Crippen molar-refractivity contribution < 1.29 is 9.18 Å². The van der Waals surface area contributed by atoms with E-state index in [9.17, 15) is 9.18 Å². The predicted octanol–water partition coefficient (Wildman–Crippen LogP) is 2.49. The Morgan fingerprint density at radius 1 is 1.50 bits per heavy atom. The molecular weight excluding hydrogens is 255 g/mol. The molecule has 0 radical (unpaired) electrons. The summed E-state index contributed by atoms with van der Waals surface area (Å²) in [5.74, 6) is 0.457. The molecule has 2 aliphatic heterocycles. The summed E-state index contributed by atoms with van der Waals surface area (Å²) in [6.07, 6.45) is 3.99. The van der Waals surface area contributed by atoms with Crippen molar-refractivity contribution in [2.45, 2.75) is 38.6 Å². The molecule has 1 saturated heterocycles. The van der Waals surface area contributed by atoms with E-state index >= 15 is 0 Å². The van der Waals surface area contributed by atoms with Crippen LogP contribution in [0.2, 0.25) is 0 Å². The molecule has 4 heteroatoms. The summed E-state index contributed by atoms with van der Waals surface area (Å²) in [5, 5.41) is 3.32. The lowest BCUT2D eigenvalue weighted by Gasteiger charge is -2.31. The highest BCUT2D eigenvalue weighted by atomic mass is 19.1. The van der Waals surface area contributed by atoms with Crippen LogP contribution in [0.25, 0.3) is 0 Å². The van der Waals surface area contributed by atoms with Gasteiger partial charge in [-0.2, -0.15) is 0 Å².